The number of nitrogens with zero attached hydrogens (tertiary/aromatic N) is 2. The summed E-state index contributed by atoms with van der Waals surface area (Å²) >= 11 is 4.66. The van der Waals surface area contributed by atoms with Crippen molar-refractivity contribution in [3.05, 3.63) is 34.4 Å². The number of thioether (sulfide) groups is 1. The summed E-state index contributed by atoms with van der Waals surface area (Å²) < 4.78 is 0.999. The smallest absolute Gasteiger partial charge is 0.229 e. The minimum atomic E-state index is -0.00484. The van der Waals surface area contributed by atoms with Crippen molar-refractivity contribution in [2.24, 2.45) is 0 Å². The number of carbonyl (C=O) groups excluding carboxylic acids is 2. The number of nitrogens with one attached hydrogen (secondary N) is 1. The van der Waals surface area contributed by atoms with Gasteiger partial charge in [0, 0.05) is 40.9 Å². The summed E-state index contributed by atoms with van der Waals surface area (Å²) in [4.78, 5) is 25.3. The number of H-pyrrole nitrogens is 1. The fourth-order valence-electron chi connectivity index (χ4n) is 2.77. The standard InChI is InChI=1S/C16H16BrN3O2S/c1-9-15(11-3-5-12(17)6-4-11)16(19-18-9)20-8-13(7-14(20)22)23-10(2)21/h3-6,13H,7-8H2,1-2H3,(H,18,19). The van der Waals surface area contributed by atoms with Gasteiger partial charge in [-0.3, -0.25) is 19.6 Å². The zero-order valence-corrected chi connectivity index (χ0v) is 15.2. The summed E-state index contributed by atoms with van der Waals surface area (Å²) in [5.41, 5.74) is 2.85. The summed E-state index contributed by atoms with van der Waals surface area (Å²) in [5, 5.41) is 7.34. The zero-order valence-electron chi connectivity index (χ0n) is 12.8. The molecule has 2 aromatic rings. The summed E-state index contributed by atoms with van der Waals surface area (Å²) in [6.07, 6.45) is 0.371. The van der Waals surface area contributed by atoms with Crippen molar-refractivity contribution >= 4 is 44.5 Å². The Hall–Kier alpha value is -1.60. The molecule has 1 aliphatic heterocycles. The highest BCUT2D eigenvalue weighted by molar-refractivity contribution is 9.10. The monoisotopic (exact) mass is 393 g/mol. The van der Waals surface area contributed by atoms with Gasteiger partial charge in [-0.05, 0) is 24.6 Å². The van der Waals surface area contributed by atoms with E-state index in [4.69, 9.17) is 0 Å². The van der Waals surface area contributed by atoms with Crippen LogP contribution in [0.1, 0.15) is 19.0 Å². The van der Waals surface area contributed by atoms with E-state index in [2.05, 4.69) is 26.1 Å². The van der Waals surface area contributed by atoms with Crippen LogP contribution in [0.25, 0.3) is 11.1 Å². The molecule has 0 radical (unpaired) electrons. The average Bonchev–Trinajstić information content (AvgIpc) is 3.02. The van der Waals surface area contributed by atoms with Gasteiger partial charge in [-0.15, -0.1) is 0 Å². The number of halogens is 1. The molecule has 1 unspecified atom stereocenters. The van der Waals surface area contributed by atoms with Gasteiger partial charge < -0.3 is 0 Å². The van der Waals surface area contributed by atoms with Gasteiger partial charge in [0.05, 0.1) is 0 Å². The number of hydrogen-bond acceptors (Lipinski definition) is 4. The largest absolute Gasteiger partial charge is 0.294 e. The highest BCUT2D eigenvalue weighted by atomic mass is 79.9. The quantitative estimate of drug-likeness (QED) is 0.865. The molecule has 1 fully saturated rings. The van der Waals surface area contributed by atoms with E-state index in [9.17, 15) is 9.59 Å². The third-order valence-corrected chi connectivity index (χ3v) is 5.25. The van der Waals surface area contributed by atoms with Crippen LogP contribution in [0.5, 0.6) is 0 Å². The molecule has 120 valence electrons. The van der Waals surface area contributed by atoms with E-state index in [0.29, 0.717) is 18.8 Å². The number of hydrogen-bond donors (Lipinski definition) is 1. The average molecular weight is 394 g/mol. The molecule has 0 spiro atoms. The maximum absolute atomic E-state index is 12.4. The van der Waals surface area contributed by atoms with Crippen LogP contribution in [0, 0.1) is 6.92 Å². The van der Waals surface area contributed by atoms with Gasteiger partial charge in [0.25, 0.3) is 0 Å². The molecular formula is C16H16BrN3O2S. The molecule has 3 rings (SSSR count). The van der Waals surface area contributed by atoms with E-state index in [0.717, 1.165) is 21.3 Å². The van der Waals surface area contributed by atoms with Crippen LogP contribution in [0.3, 0.4) is 0 Å². The topological polar surface area (TPSA) is 66.1 Å². The van der Waals surface area contributed by atoms with Crippen LogP contribution in [-0.2, 0) is 9.59 Å². The molecule has 0 saturated carbocycles. The molecule has 1 N–H and O–H groups in total. The molecule has 1 atom stereocenters. The summed E-state index contributed by atoms with van der Waals surface area (Å²) in [5.74, 6) is 0.648. The van der Waals surface area contributed by atoms with Crippen molar-refractivity contribution in [2.75, 3.05) is 11.4 Å². The van der Waals surface area contributed by atoms with Crippen molar-refractivity contribution in [1.29, 1.82) is 0 Å². The van der Waals surface area contributed by atoms with Crippen molar-refractivity contribution in [3.63, 3.8) is 0 Å². The molecule has 0 aliphatic carbocycles. The van der Waals surface area contributed by atoms with Gasteiger partial charge in [0.15, 0.2) is 10.9 Å². The second kappa shape index (κ2) is 6.49. The van der Waals surface area contributed by atoms with Crippen molar-refractivity contribution < 1.29 is 9.59 Å². The molecule has 0 bridgehead atoms. The first kappa shape index (κ1) is 16.3. The van der Waals surface area contributed by atoms with E-state index in [1.807, 2.05) is 31.2 Å². The Morgan fingerprint density at radius 3 is 2.74 bits per heavy atom. The molecule has 1 aromatic heterocycles. The molecule has 7 heteroatoms. The highest BCUT2D eigenvalue weighted by Crippen LogP contribution is 2.36. The second-order valence-electron chi connectivity index (χ2n) is 5.49. The Morgan fingerprint density at radius 1 is 1.39 bits per heavy atom. The van der Waals surface area contributed by atoms with E-state index in [-0.39, 0.29) is 16.3 Å². The molecule has 1 aliphatic rings. The maximum atomic E-state index is 12.4. The normalized spacial score (nSPS) is 17.8. The number of anilines is 1. The first-order valence-corrected chi connectivity index (χ1v) is 8.91. The van der Waals surface area contributed by atoms with Gasteiger partial charge in [0.2, 0.25) is 5.91 Å². The summed E-state index contributed by atoms with van der Waals surface area (Å²) in [6.45, 7) is 3.98. The SMILES string of the molecule is CC(=O)SC1CC(=O)N(c2n[nH]c(C)c2-c2ccc(Br)cc2)C1. The van der Waals surface area contributed by atoms with Crippen molar-refractivity contribution in [2.45, 2.75) is 25.5 Å². The molecule has 2 heterocycles. The van der Waals surface area contributed by atoms with Gasteiger partial charge >= 0.3 is 0 Å². The first-order chi connectivity index (χ1) is 11.0. The third-order valence-electron chi connectivity index (χ3n) is 3.74. The number of aromatic nitrogens is 2. The Morgan fingerprint density at radius 2 is 2.09 bits per heavy atom. The highest BCUT2D eigenvalue weighted by Gasteiger charge is 2.35. The summed E-state index contributed by atoms with van der Waals surface area (Å²) in [7, 11) is 0. The lowest BCUT2D eigenvalue weighted by Gasteiger charge is -2.16. The Kier molecular flexibility index (Phi) is 4.59. The second-order valence-corrected chi connectivity index (χ2v) is 7.89. The van der Waals surface area contributed by atoms with E-state index in [1.165, 1.54) is 18.7 Å². The number of benzene rings is 1. The lowest BCUT2D eigenvalue weighted by atomic mass is 10.1. The van der Waals surface area contributed by atoms with Gasteiger partial charge in [-0.1, -0.05) is 39.8 Å². The van der Waals surface area contributed by atoms with Crippen molar-refractivity contribution in [1.82, 2.24) is 10.2 Å². The van der Waals surface area contributed by atoms with Gasteiger partial charge in [-0.25, -0.2) is 0 Å². The van der Waals surface area contributed by atoms with Crippen LogP contribution in [-0.4, -0.2) is 33.0 Å². The summed E-state index contributed by atoms with van der Waals surface area (Å²) in [6, 6.07) is 7.92. The Labute approximate surface area is 147 Å². The molecular weight excluding hydrogens is 378 g/mol. The van der Waals surface area contributed by atoms with Gasteiger partial charge in [0.1, 0.15) is 0 Å². The first-order valence-electron chi connectivity index (χ1n) is 7.24. The number of carbonyl (C=O) groups is 2. The van der Waals surface area contributed by atoms with Crippen molar-refractivity contribution in [3.8, 4) is 11.1 Å². The Balaban J connectivity index is 1.94. The third kappa shape index (κ3) is 3.35. The van der Waals surface area contributed by atoms with Crippen LogP contribution >= 0.6 is 27.7 Å². The van der Waals surface area contributed by atoms with E-state index < -0.39 is 0 Å². The van der Waals surface area contributed by atoms with Crippen LogP contribution in [0.2, 0.25) is 0 Å². The predicted octanol–water partition coefficient (Wildman–Crippen LogP) is 3.53. The Bertz CT molecular complexity index is 757. The van der Waals surface area contributed by atoms with Crippen LogP contribution in [0.4, 0.5) is 5.82 Å². The van der Waals surface area contributed by atoms with Crippen LogP contribution in [0.15, 0.2) is 28.7 Å². The number of amides is 1. The number of rotatable bonds is 3. The van der Waals surface area contributed by atoms with E-state index in [1.54, 1.807) is 4.90 Å². The molecule has 1 saturated heterocycles. The lowest BCUT2D eigenvalue weighted by Crippen LogP contribution is -2.26. The minimum absolute atomic E-state index is 0.00484. The van der Waals surface area contributed by atoms with Crippen LogP contribution < -0.4 is 4.90 Å². The molecule has 1 amide bonds. The zero-order chi connectivity index (χ0) is 16.6. The van der Waals surface area contributed by atoms with Gasteiger partial charge in [-0.2, -0.15) is 5.10 Å². The van der Waals surface area contributed by atoms with E-state index >= 15 is 0 Å². The maximum Gasteiger partial charge on any atom is 0.229 e. The lowest BCUT2D eigenvalue weighted by molar-refractivity contribution is -0.117. The number of aryl methyl sites for hydroxylation is 1. The number of aromatic amines is 1. The minimum Gasteiger partial charge on any atom is -0.294 e. The fourth-order valence-corrected chi connectivity index (χ4v) is 3.95. The molecule has 23 heavy (non-hydrogen) atoms. The molecule has 1 aromatic carbocycles. The predicted molar refractivity (Wildman–Crippen MR) is 95.5 cm³/mol. The fraction of sp³-hybridized carbons (Fsp3) is 0.312. The molecule has 5 nitrogen and oxygen atoms in total.